The molecule has 1 aromatic heterocycles. The van der Waals surface area contributed by atoms with Gasteiger partial charge in [0, 0.05) is 38.6 Å². The van der Waals surface area contributed by atoms with Crippen LogP contribution in [0.15, 0.2) is 42.7 Å². The van der Waals surface area contributed by atoms with E-state index in [-0.39, 0.29) is 0 Å². The molecule has 2 aliphatic rings. The molecule has 5 nitrogen and oxygen atoms in total. The lowest BCUT2D eigenvalue weighted by atomic mass is 10.1. The predicted octanol–water partition coefficient (Wildman–Crippen LogP) is 1.98. The smallest absolute Gasteiger partial charge is 0.0910 e. The molecule has 0 saturated heterocycles. The predicted molar refractivity (Wildman–Crippen MR) is 91.8 cm³/mol. The molecule has 5 heteroatoms. The standard InChI is InChI=1S/C18H24N4O/c23-16(14-22-9-3-8-19-22)13-21-11-10-20(12-15-6-7-15)17-4-1-2-5-18(17)21/h1-5,8-9,15-16,23H,6-7,10-14H2/t16-/m0/s1. The van der Waals surface area contributed by atoms with Crippen molar-refractivity contribution in [3.8, 4) is 0 Å². The van der Waals surface area contributed by atoms with Crippen molar-refractivity contribution in [1.29, 1.82) is 0 Å². The van der Waals surface area contributed by atoms with Crippen LogP contribution in [0.2, 0.25) is 0 Å². The first kappa shape index (κ1) is 14.6. The molecule has 1 aliphatic carbocycles. The van der Waals surface area contributed by atoms with Gasteiger partial charge in [0.15, 0.2) is 0 Å². The largest absolute Gasteiger partial charge is 0.389 e. The van der Waals surface area contributed by atoms with Gasteiger partial charge >= 0.3 is 0 Å². The Morgan fingerprint density at radius 3 is 2.48 bits per heavy atom. The third kappa shape index (κ3) is 3.34. The summed E-state index contributed by atoms with van der Waals surface area (Å²) < 4.78 is 1.79. The minimum atomic E-state index is -0.419. The SMILES string of the molecule is O[C@@H](CN1CCN(CC2CC2)c2ccccc21)Cn1cccn1. The van der Waals surface area contributed by atoms with E-state index in [9.17, 15) is 5.11 Å². The maximum absolute atomic E-state index is 10.4. The number of hydrogen-bond acceptors (Lipinski definition) is 4. The molecule has 23 heavy (non-hydrogen) atoms. The van der Waals surface area contributed by atoms with Crippen LogP contribution in [0.25, 0.3) is 0 Å². The van der Waals surface area contributed by atoms with E-state index in [1.165, 1.54) is 30.8 Å². The van der Waals surface area contributed by atoms with Gasteiger partial charge in [-0.15, -0.1) is 0 Å². The molecule has 1 fully saturated rings. The number of fused-ring (bicyclic) bond motifs is 1. The van der Waals surface area contributed by atoms with Crippen LogP contribution in [0.1, 0.15) is 12.8 Å². The lowest BCUT2D eigenvalue weighted by Gasteiger charge is -2.39. The number of aliphatic hydroxyl groups is 1. The fourth-order valence-corrected chi connectivity index (χ4v) is 3.41. The highest BCUT2D eigenvalue weighted by Crippen LogP contribution is 2.37. The van der Waals surface area contributed by atoms with Gasteiger partial charge in [-0.3, -0.25) is 4.68 Å². The summed E-state index contributed by atoms with van der Waals surface area (Å²) in [6.45, 7) is 4.38. The molecule has 2 heterocycles. The third-order valence-electron chi connectivity index (χ3n) is 4.77. The molecule has 0 bridgehead atoms. The first-order valence-electron chi connectivity index (χ1n) is 8.54. The van der Waals surface area contributed by atoms with Crippen LogP contribution in [-0.2, 0) is 6.54 Å². The minimum absolute atomic E-state index is 0.419. The summed E-state index contributed by atoms with van der Waals surface area (Å²) in [4.78, 5) is 4.83. The van der Waals surface area contributed by atoms with Gasteiger partial charge in [0.25, 0.3) is 0 Å². The zero-order valence-corrected chi connectivity index (χ0v) is 13.4. The second kappa shape index (κ2) is 6.24. The Balaban J connectivity index is 1.46. The van der Waals surface area contributed by atoms with Crippen molar-refractivity contribution in [2.24, 2.45) is 5.92 Å². The second-order valence-corrected chi connectivity index (χ2v) is 6.71. The number of rotatable bonds is 6. The van der Waals surface area contributed by atoms with E-state index in [4.69, 9.17) is 0 Å². The summed E-state index contributed by atoms with van der Waals surface area (Å²) >= 11 is 0. The zero-order valence-electron chi connectivity index (χ0n) is 13.4. The Morgan fingerprint density at radius 1 is 1.04 bits per heavy atom. The molecule has 0 radical (unpaired) electrons. The molecule has 1 N–H and O–H groups in total. The minimum Gasteiger partial charge on any atom is -0.389 e. The highest BCUT2D eigenvalue weighted by Gasteiger charge is 2.29. The van der Waals surface area contributed by atoms with Crippen molar-refractivity contribution in [3.05, 3.63) is 42.7 Å². The number of aromatic nitrogens is 2. The van der Waals surface area contributed by atoms with E-state index in [1.807, 2.05) is 12.3 Å². The molecule has 1 aromatic carbocycles. The molecule has 122 valence electrons. The maximum Gasteiger partial charge on any atom is 0.0910 e. The summed E-state index contributed by atoms with van der Waals surface area (Å²) in [6.07, 6.45) is 5.98. The van der Waals surface area contributed by atoms with Crippen LogP contribution in [0, 0.1) is 5.92 Å². The van der Waals surface area contributed by atoms with Crippen molar-refractivity contribution in [2.75, 3.05) is 36.0 Å². The lowest BCUT2D eigenvalue weighted by Crippen LogP contribution is -2.45. The first-order chi connectivity index (χ1) is 11.3. The third-order valence-corrected chi connectivity index (χ3v) is 4.77. The quantitative estimate of drug-likeness (QED) is 0.886. The molecule has 1 saturated carbocycles. The topological polar surface area (TPSA) is 44.5 Å². The van der Waals surface area contributed by atoms with Crippen molar-refractivity contribution >= 4 is 11.4 Å². The normalized spacial score (nSPS) is 18.8. The molecular weight excluding hydrogens is 288 g/mol. The van der Waals surface area contributed by atoms with Crippen molar-refractivity contribution < 1.29 is 5.11 Å². The molecule has 1 aliphatic heterocycles. The first-order valence-corrected chi connectivity index (χ1v) is 8.54. The Kier molecular flexibility index (Phi) is 3.95. The van der Waals surface area contributed by atoms with Gasteiger partial charge in [0.05, 0.1) is 24.0 Å². The Morgan fingerprint density at radius 2 is 1.78 bits per heavy atom. The number of benzene rings is 1. The molecule has 0 amide bonds. The number of anilines is 2. The van der Waals surface area contributed by atoms with Crippen LogP contribution < -0.4 is 9.80 Å². The van der Waals surface area contributed by atoms with Gasteiger partial charge < -0.3 is 14.9 Å². The van der Waals surface area contributed by atoms with Crippen molar-refractivity contribution in [3.63, 3.8) is 0 Å². The van der Waals surface area contributed by atoms with Crippen LogP contribution in [0.4, 0.5) is 11.4 Å². The molecule has 1 atom stereocenters. The summed E-state index contributed by atoms with van der Waals surface area (Å²) in [5, 5.41) is 14.6. The van der Waals surface area contributed by atoms with E-state index in [1.54, 1.807) is 10.9 Å². The number of nitrogens with zero attached hydrogens (tertiary/aromatic N) is 4. The monoisotopic (exact) mass is 312 g/mol. The van der Waals surface area contributed by atoms with Crippen molar-refractivity contribution in [1.82, 2.24) is 9.78 Å². The summed E-state index contributed by atoms with van der Waals surface area (Å²) in [5.74, 6) is 0.889. The maximum atomic E-state index is 10.4. The van der Waals surface area contributed by atoms with Gasteiger partial charge in [-0.05, 0) is 37.0 Å². The number of para-hydroxylation sites is 2. The summed E-state index contributed by atoms with van der Waals surface area (Å²) in [6, 6.07) is 10.5. The van der Waals surface area contributed by atoms with Crippen LogP contribution >= 0.6 is 0 Å². The van der Waals surface area contributed by atoms with Gasteiger partial charge in [-0.1, -0.05) is 12.1 Å². The van der Waals surface area contributed by atoms with E-state index in [0.717, 1.165) is 19.0 Å². The van der Waals surface area contributed by atoms with Gasteiger partial charge in [-0.2, -0.15) is 5.10 Å². The van der Waals surface area contributed by atoms with E-state index >= 15 is 0 Å². The average molecular weight is 312 g/mol. The van der Waals surface area contributed by atoms with E-state index in [0.29, 0.717) is 13.1 Å². The average Bonchev–Trinajstić information content (AvgIpc) is 3.24. The second-order valence-electron chi connectivity index (χ2n) is 6.71. The van der Waals surface area contributed by atoms with Crippen LogP contribution in [0.5, 0.6) is 0 Å². The molecule has 4 rings (SSSR count). The lowest BCUT2D eigenvalue weighted by molar-refractivity contribution is 0.154. The summed E-state index contributed by atoms with van der Waals surface area (Å²) in [5.41, 5.74) is 2.57. The van der Waals surface area contributed by atoms with E-state index < -0.39 is 6.10 Å². The van der Waals surface area contributed by atoms with Gasteiger partial charge in [-0.25, -0.2) is 0 Å². The highest BCUT2D eigenvalue weighted by atomic mass is 16.3. The zero-order chi connectivity index (χ0) is 15.6. The number of β-amino-alcohol motifs (C(OH)–C–C–N with tert-alkyl or cyclic N) is 1. The summed E-state index contributed by atoms with van der Waals surface area (Å²) in [7, 11) is 0. The Bertz CT molecular complexity index is 638. The van der Waals surface area contributed by atoms with E-state index in [2.05, 4.69) is 39.2 Å². The van der Waals surface area contributed by atoms with Gasteiger partial charge in [0.2, 0.25) is 0 Å². The fourth-order valence-electron chi connectivity index (χ4n) is 3.41. The Labute approximate surface area is 137 Å². The Hall–Kier alpha value is -2.01. The molecule has 0 unspecified atom stereocenters. The highest BCUT2D eigenvalue weighted by molar-refractivity contribution is 5.73. The molecule has 0 spiro atoms. The molecule has 2 aromatic rings. The van der Waals surface area contributed by atoms with Crippen LogP contribution in [0.3, 0.4) is 0 Å². The van der Waals surface area contributed by atoms with Gasteiger partial charge in [0.1, 0.15) is 0 Å². The van der Waals surface area contributed by atoms with Crippen LogP contribution in [-0.4, -0.2) is 47.2 Å². The number of aliphatic hydroxyl groups excluding tert-OH is 1. The number of hydrogen-bond donors (Lipinski definition) is 1. The van der Waals surface area contributed by atoms with Crippen molar-refractivity contribution in [2.45, 2.75) is 25.5 Å². The fraction of sp³-hybridized carbons (Fsp3) is 0.500. The molecular formula is C18H24N4O.